The van der Waals surface area contributed by atoms with Crippen molar-refractivity contribution in [3.8, 4) is 17.2 Å². The van der Waals surface area contributed by atoms with E-state index >= 15 is 0 Å². The highest BCUT2D eigenvalue weighted by Crippen LogP contribution is 2.37. The fourth-order valence-electron chi connectivity index (χ4n) is 1.96. The van der Waals surface area contributed by atoms with Crippen molar-refractivity contribution in [1.29, 1.82) is 0 Å². The van der Waals surface area contributed by atoms with E-state index in [1.165, 1.54) is 6.07 Å². The molecule has 0 fully saturated rings. The number of rotatable bonds is 6. The van der Waals surface area contributed by atoms with Gasteiger partial charge in [0, 0.05) is 17.3 Å². The molecule has 0 radical (unpaired) electrons. The maximum absolute atomic E-state index is 9.83. The zero-order valence-electron chi connectivity index (χ0n) is 13.7. The van der Waals surface area contributed by atoms with E-state index in [0.717, 1.165) is 12.0 Å². The molecule has 6 heteroatoms. The summed E-state index contributed by atoms with van der Waals surface area (Å²) in [6.07, 6.45) is 2.48. The van der Waals surface area contributed by atoms with E-state index in [4.69, 9.17) is 32.7 Å². The number of phenols is 1. The van der Waals surface area contributed by atoms with Crippen molar-refractivity contribution >= 4 is 35.1 Å². The lowest BCUT2D eigenvalue weighted by molar-refractivity contribution is 0.208. The monoisotopic (exact) mass is 367 g/mol. The summed E-state index contributed by atoms with van der Waals surface area (Å²) in [6, 6.07) is 8.24. The first-order valence-corrected chi connectivity index (χ1v) is 8.27. The van der Waals surface area contributed by atoms with Gasteiger partial charge in [0.1, 0.15) is 11.4 Å². The van der Waals surface area contributed by atoms with E-state index in [2.05, 4.69) is 4.99 Å². The van der Waals surface area contributed by atoms with Crippen LogP contribution in [0, 0.1) is 0 Å². The van der Waals surface area contributed by atoms with Gasteiger partial charge in [0.05, 0.1) is 18.2 Å². The number of benzene rings is 2. The Hall–Kier alpha value is -1.91. The van der Waals surface area contributed by atoms with E-state index in [9.17, 15) is 5.11 Å². The highest BCUT2D eigenvalue weighted by atomic mass is 35.5. The van der Waals surface area contributed by atoms with Gasteiger partial charge in [-0.3, -0.25) is 4.99 Å². The second kappa shape index (κ2) is 8.27. The fourth-order valence-corrected chi connectivity index (χ4v) is 2.39. The molecule has 0 aliphatic carbocycles. The molecule has 0 saturated heterocycles. The van der Waals surface area contributed by atoms with Gasteiger partial charge in [0.2, 0.25) is 0 Å². The Balaban J connectivity index is 2.31. The van der Waals surface area contributed by atoms with E-state index in [1.54, 1.807) is 37.6 Å². The van der Waals surface area contributed by atoms with Crippen molar-refractivity contribution < 1.29 is 14.6 Å². The Kier molecular flexibility index (Phi) is 6.35. The number of phenolic OH excluding ortho intramolecular Hbond substituents is 1. The summed E-state index contributed by atoms with van der Waals surface area (Å²) in [5.41, 5.74) is 1.14. The second-order valence-electron chi connectivity index (χ2n) is 5.26. The molecule has 2 aromatic rings. The van der Waals surface area contributed by atoms with Crippen LogP contribution in [0.15, 0.2) is 35.3 Å². The van der Waals surface area contributed by atoms with Crippen LogP contribution in [0.2, 0.25) is 10.0 Å². The largest absolute Gasteiger partial charge is 0.506 e. The Labute approximate surface area is 151 Å². The van der Waals surface area contributed by atoms with Gasteiger partial charge in [-0.1, -0.05) is 30.1 Å². The van der Waals surface area contributed by atoms with Crippen molar-refractivity contribution in [3.05, 3.63) is 45.9 Å². The number of aliphatic imine (C=N–C) groups is 1. The van der Waals surface area contributed by atoms with Gasteiger partial charge in [0.25, 0.3) is 0 Å². The molecule has 0 spiro atoms. The molecule has 24 heavy (non-hydrogen) atoms. The molecular weight excluding hydrogens is 349 g/mol. The smallest absolute Gasteiger partial charge is 0.180 e. The highest BCUT2D eigenvalue weighted by Gasteiger charge is 2.14. The average Bonchev–Trinajstić information content (AvgIpc) is 2.55. The van der Waals surface area contributed by atoms with Crippen LogP contribution in [-0.4, -0.2) is 24.5 Å². The second-order valence-corrected chi connectivity index (χ2v) is 6.11. The Bertz CT molecular complexity index is 747. The van der Waals surface area contributed by atoms with Gasteiger partial charge >= 0.3 is 0 Å². The number of methoxy groups -OCH3 is 1. The zero-order chi connectivity index (χ0) is 17.7. The summed E-state index contributed by atoms with van der Waals surface area (Å²) >= 11 is 12.1. The highest BCUT2D eigenvalue weighted by molar-refractivity contribution is 6.32. The summed E-state index contributed by atoms with van der Waals surface area (Å²) in [4.78, 5) is 4.25. The Morgan fingerprint density at radius 2 is 2.00 bits per heavy atom. The van der Waals surface area contributed by atoms with Crippen LogP contribution < -0.4 is 9.47 Å². The van der Waals surface area contributed by atoms with Crippen LogP contribution in [0.3, 0.4) is 0 Å². The first kappa shape index (κ1) is 18.4. The maximum Gasteiger partial charge on any atom is 0.180 e. The number of aromatic hydroxyl groups is 1. The van der Waals surface area contributed by atoms with E-state index < -0.39 is 0 Å². The molecule has 0 saturated carbocycles. The molecule has 0 unspecified atom stereocenters. The number of nitrogens with zero attached hydrogens (tertiary/aromatic N) is 1. The standard InChI is InChI=1S/C18H19Cl2NO3/c1-4-11(2)24-18-14(20)7-12(8-17(18)23-3)10-21-15-6-5-13(19)9-16(15)22/h5-11,22H,4H2,1-3H3/t11-/m1/s1. The molecule has 1 atom stereocenters. The van der Waals surface area contributed by atoms with Crippen LogP contribution >= 0.6 is 23.2 Å². The lowest BCUT2D eigenvalue weighted by Gasteiger charge is -2.17. The third kappa shape index (κ3) is 4.56. The minimum absolute atomic E-state index is 0.00790. The molecule has 2 rings (SSSR count). The summed E-state index contributed by atoms with van der Waals surface area (Å²) in [5, 5.41) is 10.7. The molecule has 0 bridgehead atoms. The van der Waals surface area contributed by atoms with Crippen molar-refractivity contribution in [2.45, 2.75) is 26.4 Å². The average molecular weight is 368 g/mol. The topological polar surface area (TPSA) is 51.0 Å². The molecule has 0 aromatic heterocycles. The number of hydrogen-bond acceptors (Lipinski definition) is 4. The predicted molar refractivity (Wildman–Crippen MR) is 98.8 cm³/mol. The number of halogens is 2. The summed E-state index contributed by atoms with van der Waals surface area (Å²) in [5.74, 6) is 1.05. The van der Waals surface area contributed by atoms with Crippen LogP contribution in [0.25, 0.3) is 0 Å². The third-order valence-electron chi connectivity index (χ3n) is 3.44. The Morgan fingerprint density at radius 1 is 1.25 bits per heavy atom. The summed E-state index contributed by atoms with van der Waals surface area (Å²) < 4.78 is 11.2. The van der Waals surface area contributed by atoms with Crippen LogP contribution in [-0.2, 0) is 0 Å². The lowest BCUT2D eigenvalue weighted by Crippen LogP contribution is -2.11. The number of ether oxygens (including phenoxy) is 2. The van der Waals surface area contributed by atoms with Gasteiger partial charge in [-0.05, 0) is 43.2 Å². The van der Waals surface area contributed by atoms with Crippen LogP contribution in [0.4, 0.5) is 5.69 Å². The van der Waals surface area contributed by atoms with E-state index in [1.807, 2.05) is 13.8 Å². The molecular formula is C18H19Cl2NO3. The van der Waals surface area contributed by atoms with Gasteiger partial charge in [0.15, 0.2) is 11.5 Å². The lowest BCUT2D eigenvalue weighted by atomic mass is 10.2. The number of hydrogen-bond donors (Lipinski definition) is 1. The van der Waals surface area contributed by atoms with Crippen LogP contribution in [0.1, 0.15) is 25.8 Å². The minimum atomic E-state index is 0.00790. The molecule has 4 nitrogen and oxygen atoms in total. The molecule has 0 amide bonds. The minimum Gasteiger partial charge on any atom is -0.506 e. The molecule has 0 aliphatic rings. The summed E-state index contributed by atoms with van der Waals surface area (Å²) in [7, 11) is 1.56. The summed E-state index contributed by atoms with van der Waals surface area (Å²) in [6.45, 7) is 4.00. The van der Waals surface area contributed by atoms with Gasteiger partial charge < -0.3 is 14.6 Å². The zero-order valence-corrected chi connectivity index (χ0v) is 15.2. The van der Waals surface area contributed by atoms with E-state index in [-0.39, 0.29) is 11.9 Å². The molecule has 0 heterocycles. The molecule has 2 aromatic carbocycles. The predicted octanol–water partition coefficient (Wildman–Crippen LogP) is 5.64. The van der Waals surface area contributed by atoms with Gasteiger partial charge in [-0.2, -0.15) is 0 Å². The first-order chi connectivity index (χ1) is 11.4. The van der Waals surface area contributed by atoms with Crippen molar-refractivity contribution in [1.82, 2.24) is 0 Å². The van der Waals surface area contributed by atoms with E-state index in [0.29, 0.717) is 27.2 Å². The fraction of sp³-hybridized carbons (Fsp3) is 0.278. The maximum atomic E-state index is 9.83. The molecule has 1 N–H and O–H groups in total. The Morgan fingerprint density at radius 3 is 2.62 bits per heavy atom. The van der Waals surface area contributed by atoms with Crippen molar-refractivity contribution in [3.63, 3.8) is 0 Å². The van der Waals surface area contributed by atoms with Gasteiger partial charge in [-0.25, -0.2) is 0 Å². The van der Waals surface area contributed by atoms with Crippen molar-refractivity contribution in [2.24, 2.45) is 4.99 Å². The van der Waals surface area contributed by atoms with Crippen LogP contribution in [0.5, 0.6) is 17.2 Å². The van der Waals surface area contributed by atoms with Gasteiger partial charge in [-0.15, -0.1) is 0 Å². The first-order valence-electron chi connectivity index (χ1n) is 7.51. The molecule has 0 aliphatic heterocycles. The normalized spacial score (nSPS) is 12.4. The van der Waals surface area contributed by atoms with Crippen molar-refractivity contribution in [2.75, 3.05) is 7.11 Å². The quantitative estimate of drug-likeness (QED) is 0.672. The molecule has 128 valence electrons. The SMILES string of the molecule is CC[C@@H](C)Oc1c(Cl)cc(C=Nc2ccc(Cl)cc2O)cc1OC. The third-order valence-corrected chi connectivity index (χ3v) is 3.95.